The van der Waals surface area contributed by atoms with Crippen molar-refractivity contribution in [2.75, 3.05) is 19.6 Å². The third-order valence-corrected chi connectivity index (χ3v) is 2.60. The molecule has 2 heteroatoms. The highest BCUT2D eigenvalue weighted by molar-refractivity contribution is 5.53. The molecule has 0 radical (unpaired) electrons. The van der Waals surface area contributed by atoms with Gasteiger partial charge in [0, 0.05) is 13.1 Å². The van der Waals surface area contributed by atoms with Gasteiger partial charge in [0.15, 0.2) is 0 Å². The average Bonchev–Trinajstić information content (AvgIpc) is 2.37. The standard InChI is InChI=1S/C15H22N2/c1-2-12-17(14-7-11-16)13-6-10-15-8-4-3-5-9-15/h3-6,8-11,16H,2,7,12-14H2,1H3/b10-6+,16-11?. The first-order chi connectivity index (χ1) is 8.36. The minimum atomic E-state index is 0.846. The van der Waals surface area contributed by atoms with E-state index in [9.17, 15) is 0 Å². The average molecular weight is 230 g/mol. The Labute approximate surface area is 104 Å². The van der Waals surface area contributed by atoms with Crippen molar-refractivity contribution in [3.05, 3.63) is 42.0 Å². The molecule has 17 heavy (non-hydrogen) atoms. The Morgan fingerprint density at radius 3 is 2.59 bits per heavy atom. The van der Waals surface area contributed by atoms with E-state index in [2.05, 4.69) is 48.2 Å². The predicted octanol–water partition coefficient (Wildman–Crippen LogP) is 3.45. The van der Waals surface area contributed by atoms with Crippen LogP contribution in [0.15, 0.2) is 36.4 Å². The predicted molar refractivity (Wildman–Crippen MR) is 75.6 cm³/mol. The molecule has 0 saturated heterocycles. The molecular weight excluding hydrogens is 208 g/mol. The fraction of sp³-hybridized carbons (Fsp3) is 0.400. The number of hydrogen-bond donors (Lipinski definition) is 1. The number of nitrogens with zero attached hydrogens (tertiary/aromatic N) is 1. The molecule has 0 spiro atoms. The summed E-state index contributed by atoms with van der Waals surface area (Å²) in [6.07, 6.45) is 7.86. The molecule has 0 unspecified atom stereocenters. The topological polar surface area (TPSA) is 27.1 Å². The Hall–Kier alpha value is -1.41. The van der Waals surface area contributed by atoms with Gasteiger partial charge in [0.25, 0.3) is 0 Å². The molecule has 1 aromatic carbocycles. The van der Waals surface area contributed by atoms with Crippen LogP contribution in [0.25, 0.3) is 6.08 Å². The second-order valence-corrected chi connectivity index (χ2v) is 4.11. The maximum atomic E-state index is 7.07. The molecule has 0 fully saturated rings. The SMILES string of the molecule is CCCN(C/C=C/c1ccccc1)CCC=N. The molecule has 1 aromatic rings. The van der Waals surface area contributed by atoms with Crippen molar-refractivity contribution in [3.63, 3.8) is 0 Å². The molecule has 2 nitrogen and oxygen atoms in total. The molecular formula is C15H22N2. The van der Waals surface area contributed by atoms with E-state index in [4.69, 9.17) is 5.41 Å². The first-order valence-corrected chi connectivity index (χ1v) is 6.29. The zero-order valence-electron chi connectivity index (χ0n) is 10.6. The summed E-state index contributed by atoms with van der Waals surface area (Å²) < 4.78 is 0. The van der Waals surface area contributed by atoms with Crippen LogP contribution in [0.2, 0.25) is 0 Å². The molecule has 0 heterocycles. The summed E-state index contributed by atoms with van der Waals surface area (Å²) in [6, 6.07) is 10.4. The van der Waals surface area contributed by atoms with Crippen molar-refractivity contribution in [2.24, 2.45) is 0 Å². The number of nitrogens with one attached hydrogen (secondary N) is 1. The van der Waals surface area contributed by atoms with Gasteiger partial charge in [0.2, 0.25) is 0 Å². The number of hydrogen-bond acceptors (Lipinski definition) is 2. The monoisotopic (exact) mass is 230 g/mol. The van der Waals surface area contributed by atoms with Gasteiger partial charge in [-0.25, -0.2) is 0 Å². The van der Waals surface area contributed by atoms with Crippen LogP contribution >= 0.6 is 0 Å². The van der Waals surface area contributed by atoms with Crippen molar-refractivity contribution in [3.8, 4) is 0 Å². The third kappa shape index (κ3) is 6.03. The summed E-state index contributed by atoms with van der Waals surface area (Å²) in [5, 5.41) is 7.07. The van der Waals surface area contributed by atoms with Gasteiger partial charge in [-0.05, 0) is 31.2 Å². The van der Waals surface area contributed by atoms with Crippen LogP contribution in [0.1, 0.15) is 25.3 Å². The van der Waals surface area contributed by atoms with Crippen LogP contribution in [0.5, 0.6) is 0 Å². The van der Waals surface area contributed by atoms with Crippen LogP contribution in [0.3, 0.4) is 0 Å². The van der Waals surface area contributed by atoms with E-state index in [0.29, 0.717) is 0 Å². The van der Waals surface area contributed by atoms with Gasteiger partial charge in [-0.15, -0.1) is 0 Å². The Kier molecular flexibility index (Phi) is 6.99. The number of rotatable bonds is 8. The second kappa shape index (κ2) is 8.71. The molecule has 0 aromatic heterocycles. The highest BCUT2D eigenvalue weighted by Gasteiger charge is 1.99. The Morgan fingerprint density at radius 2 is 1.94 bits per heavy atom. The second-order valence-electron chi connectivity index (χ2n) is 4.11. The lowest BCUT2D eigenvalue weighted by Gasteiger charge is -2.18. The maximum Gasteiger partial charge on any atom is 0.0166 e. The largest absolute Gasteiger partial charge is 0.313 e. The summed E-state index contributed by atoms with van der Waals surface area (Å²) in [7, 11) is 0. The number of benzene rings is 1. The lowest BCUT2D eigenvalue weighted by molar-refractivity contribution is 0.313. The van der Waals surface area contributed by atoms with Crippen LogP contribution in [-0.2, 0) is 0 Å². The summed E-state index contributed by atoms with van der Waals surface area (Å²) in [4.78, 5) is 2.38. The Balaban J connectivity index is 2.39. The smallest absolute Gasteiger partial charge is 0.0166 e. The first-order valence-electron chi connectivity index (χ1n) is 6.29. The highest BCUT2D eigenvalue weighted by Crippen LogP contribution is 2.02. The van der Waals surface area contributed by atoms with E-state index in [0.717, 1.165) is 32.5 Å². The van der Waals surface area contributed by atoms with Crippen LogP contribution < -0.4 is 0 Å². The van der Waals surface area contributed by atoms with E-state index in [1.165, 1.54) is 11.8 Å². The van der Waals surface area contributed by atoms with E-state index >= 15 is 0 Å². The molecule has 0 amide bonds. The van der Waals surface area contributed by atoms with Crippen LogP contribution in [0, 0.1) is 5.41 Å². The van der Waals surface area contributed by atoms with Gasteiger partial charge in [-0.2, -0.15) is 0 Å². The van der Waals surface area contributed by atoms with E-state index in [1.54, 1.807) is 0 Å². The molecule has 0 saturated carbocycles. The van der Waals surface area contributed by atoms with Crippen molar-refractivity contribution >= 4 is 12.3 Å². The zero-order chi connectivity index (χ0) is 12.3. The highest BCUT2D eigenvalue weighted by atomic mass is 15.1. The van der Waals surface area contributed by atoms with E-state index in [-0.39, 0.29) is 0 Å². The van der Waals surface area contributed by atoms with Crippen LogP contribution in [-0.4, -0.2) is 30.7 Å². The third-order valence-electron chi connectivity index (χ3n) is 2.60. The van der Waals surface area contributed by atoms with Crippen molar-refractivity contribution in [1.29, 1.82) is 5.41 Å². The van der Waals surface area contributed by atoms with Crippen molar-refractivity contribution < 1.29 is 0 Å². The zero-order valence-corrected chi connectivity index (χ0v) is 10.6. The molecule has 92 valence electrons. The van der Waals surface area contributed by atoms with Gasteiger partial charge >= 0.3 is 0 Å². The lowest BCUT2D eigenvalue weighted by atomic mass is 10.2. The minimum absolute atomic E-state index is 0.846. The van der Waals surface area contributed by atoms with Crippen molar-refractivity contribution in [1.82, 2.24) is 4.90 Å². The molecule has 0 bridgehead atoms. The summed E-state index contributed by atoms with van der Waals surface area (Å²) in [6.45, 7) is 5.25. The first kappa shape index (κ1) is 13.7. The van der Waals surface area contributed by atoms with Crippen molar-refractivity contribution in [2.45, 2.75) is 19.8 Å². The molecule has 0 aliphatic heterocycles. The van der Waals surface area contributed by atoms with Gasteiger partial charge in [0.05, 0.1) is 0 Å². The van der Waals surface area contributed by atoms with Crippen LogP contribution in [0.4, 0.5) is 0 Å². The molecule has 1 N–H and O–H groups in total. The molecule has 0 aliphatic rings. The fourth-order valence-electron chi connectivity index (χ4n) is 1.76. The Morgan fingerprint density at radius 1 is 1.18 bits per heavy atom. The summed E-state index contributed by atoms with van der Waals surface area (Å²) >= 11 is 0. The fourth-order valence-corrected chi connectivity index (χ4v) is 1.76. The molecule has 0 atom stereocenters. The van der Waals surface area contributed by atoms with E-state index in [1.807, 2.05) is 6.07 Å². The van der Waals surface area contributed by atoms with Gasteiger partial charge in [-0.3, -0.25) is 4.90 Å². The minimum Gasteiger partial charge on any atom is -0.313 e. The quantitative estimate of drug-likeness (QED) is 0.680. The van der Waals surface area contributed by atoms with Gasteiger partial charge < -0.3 is 5.41 Å². The van der Waals surface area contributed by atoms with Gasteiger partial charge in [0.1, 0.15) is 0 Å². The van der Waals surface area contributed by atoms with Gasteiger partial charge in [-0.1, -0.05) is 49.4 Å². The van der Waals surface area contributed by atoms with E-state index < -0.39 is 0 Å². The normalized spacial score (nSPS) is 11.2. The summed E-state index contributed by atoms with van der Waals surface area (Å²) in [5.41, 5.74) is 1.25. The molecule has 1 rings (SSSR count). The summed E-state index contributed by atoms with van der Waals surface area (Å²) in [5.74, 6) is 0. The maximum absolute atomic E-state index is 7.07. The lowest BCUT2D eigenvalue weighted by Crippen LogP contribution is -2.26. The molecule has 0 aliphatic carbocycles. The Bertz CT molecular complexity index is 330.